The van der Waals surface area contributed by atoms with Gasteiger partial charge >= 0.3 is 0 Å². The molecular weight excluding hydrogens is 254 g/mol. The summed E-state index contributed by atoms with van der Waals surface area (Å²) in [5, 5.41) is 3.40. The standard InChI is InChI=1S/C16H27NO3/c1-5-19-9-6-10-20-16-8-7-15(18-4)11-14(16)12-17-13(2)3/h7-8,11,13,17H,5-6,9-10,12H2,1-4H3. The van der Waals surface area contributed by atoms with Crippen molar-refractivity contribution in [3.8, 4) is 11.5 Å². The molecule has 1 aromatic carbocycles. The third-order valence-electron chi connectivity index (χ3n) is 2.86. The van der Waals surface area contributed by atoms with Crippen LogP contribution in [0.1, 0.15) is 32.8 Å². The van der Waals surface area contributed by atoms with Gasteiger partial charge in [-0.05, 0) is 25.1 Å². The van der Waals surface area contributed by atoms with E-state index >= 15 is 0 Å². The molecule has 0 bridgehead atoms. The molecule has 1 aromatic rings. The van der Waals surface area contributed by atoms with Crippen LogP contribution < -0.4 is 14.8 Å². The molecule has 0 amide bonds. The second kappa shape index (κ2) is 9.61. The molecule has 0 aromatic heterocycles. The average molecular weight is 281 g/mol. The molecule has 0 saturated heterocycles. The fourth-order valence-corrected chi connectivity index (χ4v) is 1.76. The second-order valence-corrected chi connectivity index (χ2v) is 4.91. The van der Waals surface area contributed by atoms with Crippen molar-refractivity contribution in [2.45, 2.75) is 39.8 Å². The zero-order valence-corrected chi connectivity index (χ0v) is 13.1. The predicted octanol–water partition coefficient (Wildman–Crippen LogP) is 3.00. The van der Waals surface area contributed by atoms with E-state index in [1.165, 1.54) is 0 Å². The fraction of sp³-hybridized carbons (Fsp3) is 0.625. The highest BCUT2D eigenvalue weighted by atomic mass is 16.5. The maximum absolute atomic E-state index is 5.84. The van der Waals surface area contributed by atoms with Gasteiger partial charge in [-0.25, -0.2) is 0 Å². The molecule has 1 rings (SSSR count). The number of rotatable bonds is 10. The van der Waals surface area contributed by atoms with E-state index in [2.05, 4.69) is 19.2 Å². The SMILES string of the molecule is CCOCCCOc1ccc(OC)cc1CNC(C)C. The van der Waals surface area contributed by atoms with Crippen molar-refractivity contribution in [3.63, 3.8) is 0 Å². The monoisotopic (exact) mass is 281 g/mol. The van der Waals surface area contributed by atoms with Gasteiger partial charge in [-0.2, -0.15) is 0 Å². The molecule has 4 nitrogen and oxygen atoms in total. The highest BCUT2D eigenvalue weighted by Gasteiger charge is 2.06. The van der Waals surface area contributed by atoms with E-state index in [1.54, 1.807) is 7.11 Å². The average Bonchev–Trinajstić information content (AvgIpc) is 2.45. The van der Waals surface area contributed by atoms with E-state index in [1.807, 2.05) is 25.1 Å². The Hall–Kier alpha value is -1.26. The van der Waals surface area contributed by atoms with Crippen LogP contribution in [0.3, 0.4) is 0 Å². The molecule has 114 valence electrons. The third-order valence-corrected chi connectivity index (χ3v) is 2.86. The molecule has 0 saturated carbocycles. The summed E-state index contributed by atoms with van der Waals surface area (Å²) < 4.78 is 16.4. The summed E-state index contributed by atoms with van der Waals surface area (Å²) in [5.74, 6) is 1.77. The minimum absolute atomic E-state index is 0.437. The topological polar surface area (TPSA) is 39.7 Å². The Bertz CT molecular complexity index is 380. The number of hydrogen-bond acceptors (Lipinski definition) is 4. The minimum Gasteiger partial charge on any atom is -0.497 e. The van der Waals surface area contributed by atoms with E-state index < -0.39 is 0 Å². The molecule has 0 radical (unpaired) electrons. The smallest absolute Gasteiger partial charge is 0.124 e. The molecule has 4 heteroatoms. The Kier molecular flexibility index (Phi) is 8.07. The number of hydrogen-bond donors (Lipinski definition) is 1. The number of ether oxygens (including phenoxy) is 3. The van der Waals surface area contributed by atoms with Crippen LogP contribution in [-0.2, 0) is 11.3 Å². The van der Waals surface area contributed by atoms with Gasteiger partial charge in [-0.3, -0.25) is 0 Å². The zero-order valence-electron chi connectivity index (χ0n) is 13.1. The number of nitrogens with one attached hydrogen (secondary N) is 1. The van der Waals surface area contributed by atoms with Crippen molar-refractivity contribution in [2.24, 2.45) is 0 Å². The summed E-state index contributed by atoms with van der Waals surface area (Å²) in [6.07, 6.45) is 0.900. The van der Waals surface area contributed by atoms with Crippen LogP contribution in [0.5, 0.6) is 11.5 Å². The highest BCUT2D eigenvalue weighted by molar-refractivity contribution is 5.40. The Morgan fingerprint density at radius 1 is 1.20 bits per heavy atom. The van der Waals surface area contributed by atoms with Crippen molar-refractivity contribution in [3.05, 3.63) is 23.8 Å². The van der Waals surface area contributed by atoms with E-state index in [0.29, 0.717) is 12.6 Å². The first-order valence-electron chi connectivity index (χ1n) is 7.28. The molecule has 0 aliphatic heterocycles. The van der Waals surface area contributed by atoms with Gasteiger partial charge in [0.2, 0.25) is 0 Å². The molecular formula is C16H27NO3. The minimum atomic E-state index is 0.437. The molecule has 0 aliphatic carbocycles. The number of benzene rings is 1. The van der Waals surface area contributed by atoms with Gasteiger partial charge in [0, 0.05) is 37.8 Å². The maximum atomic E-state index is 5.84. The van der Waals surface area contributed by atoms with Crippen LogP contribution in [0, 0.1) is 0 Å². The lowest BCUT2D eigenvalue weighted by atomic mass is 10.1. The van der Waals surface area contributed by atoms with Crippen LogP contribution in [0.25, 0.3) is 0 Å². The molecule has 0 spiro atoms. The summed E-state index contributed by atoms with van der Waals surface area (Å²) >= 11 is 0. The summed E-state index contributed by atoms with van der Waals surface area (Å²) in [4.78, 5) is 0. The van der Waals surface area contributed by atoms with Crippen LogP contribution in [0.4, 0.5) is 0 Å². The summed E-state index contributed by atoms with van der Waals surface area (Å²) in [6, 6.07) is 6.35. The molecule has 0 heterocycles. The Morgan fingerprint density at radius 3 is 2.65 bits per heavy atom. The van der Waals surface area contributed by atoms with Gasteiger partial charge in [0.25, 0.3) is 0 Å². The first-order chi connectivity index (χ1) is 9.67. The first-order valence-corrected chi connectivity index (χ1v) is 7.28. The normalized spacial score (nSPS) is 10.8. The van der Waals surface area contributed by atoms with Crippen LogP contribution in [0.15, 0.2) is 18.2 Å². The van der Waals surface area contributed by atoms with E-state index in [0.717, 1.165) is 43.2 Å². The first kappa shape index (κ1) is 16.8. The van der Waals surface area contributed by atoms with Gasteiger partial charge in [0.1, 0.15) is 11.5 Å². The molecule has 20 heavy (non-hydrogen) atoms. The van der Waals surface area contributed by atoms with Gasteiger partial charge in [0.05, 0.1) is 13.7 Å². The fourth-order valence-electron chi connectivity index (χ4n) is 1.76. The Labute approximate surface area is 122 Å². The van der Waals surface area contributed by atoms with Gasteiger partial charge < -0.3 is 19.5 Å². The van der Waals surface area contributed by atoms with Crippen LogP contribution >= 0.6 is 0 Å². The van der Waals surface area contributed by atoms with Crippen molar-refractivity contribution in [1.29, 1.82) is 0 Å². The summed E-state index contributed by atoms with van der Waals surface area (Å²) in [6.45, 7) is 9.20. The Morgan fingerprint density at radius 2 is 2.00 bits per heavy atom. The molecule has 0 fully saturated rings. The molecule has 1 N–H and O–H groups in total. The lowest BCUT2D eigenvalue weighted by Crippen LogP contribution is -2.22. The van der Waals surface area contributed by atoms with Crippen molar-refractivity contribution in [1.82, 2.24) is 5.32 Å². The van der Waals surface area contributed by atoms with Gasteiger partial charge in [-0.1, -0.05) is 13.8 Å². The third kappa shape index (κ3) is 6.26. The maximum Gasteiger partial charge on any atom is 0.124 e. The van der Waals surface area contributed by atoms with E-state index in [9.17, 15) is 0 Å². The van der Waals surface area contributed by atoms with E-state index in [-0.39, 0.29) is 0 Å². The largest absolute Gasteiger partial charge is 0.497 e. The van der Waals surface area contributed by atoms with Gasteiger partial charge in [0.15, 0.2) is 0 Å². The lowest BCUT2D eigenvalue weighted by Gasteiger charge is -2.15. The van der Waals surface area contributed by atoms with Crippen LogP contribution in [-0.4, -0.2) is 33.0 Å². The van der Waals surface area contributed by atoms with Gasteiger partial charge in [-0.15, -0.1) is 0 Å². The van der Waals surface area contributed by atoms with Crippen molar-refractivity contribution >= 4 is 0 Å². The quantitative estimate of drug-likeness (QED) is 0.669. The van der Waals surface area contributed by atoms with E-state index in [4.69, 9.17) is 14.2 Å². The number of methoxy groups -OCH3 is 1. The van der Waals surface area contributed by atoms with Crippen LogP contribution in [0.2, 0.25) is 0 Å². The molecule has 0 unspecified atom stereocenters. The molecule has 0 atom stereocenters. The summed E-state index contributed by atoms with van der Waals surface area (Å²) in [7, 11) is 1.68. The summed E-state index contributed by atoms with van der Waals surface area (Å²) in [5.41, 5.74) is 1.12. The zero-order chi connectivity index (χ0) is 14.8. The highest BCUT2D eigenvalue weighted by Crippen LogP contribution is 2.24. The lowest BCUT2D eigenvalue weighted by molar-refractivity contribution is 0.130. The Balaban J connectivity index is 2.57. The van der Waals surface area contributed by atoms with Crippen molar-refractivity contribution in [2.75, 3.05) is 26.9 Å². The van der Waals surface area contributed by atoms with Crippen molar-refractivity contribution < 1.29 is 14.2 Å². The molecule has 0 aliphatic rings. The second-order valence-electron chi connectivity index (χ2n) is 4.91. The predicted molar refractivity (Wildman–Crippen MR) is 81.6 cm³/mol.